The van der Waals surface area contributed by atoms with E-state index < -0.39 is 89.8 Å². The lowest BCUT2D eigenvalue weighted by molar-refractivity contribution is -0.140. The highest BCUT2D eigenvalue weighted by molar-refractivity contribution is 6.08. The average molecular weight is 658 g/mol. The maximum Gasteiger partial charge on any atom is 0.408 e. The van der Waals surface area contributed by atoms with Gasteiger partial charge in [0.15, 0.2) is 23.2 Å². The fourth-order valence-corrected chi connectivity index (χ4v) is 5.49. The Morgan fingerprint density at radius 1 is 0.957 bits per heavy atom. The number of rotatable bonds is 11. The lowest BCUT2D eigenvalue weighted by atomic mass is 10.0. The fraction of sp³-hybridized carbons (Fsp3) is 0.281. The molecule has 0 aliphatic carbocycles. The summed E-state index contributed by atoms with van der Waals surface area (Å²) in [7, 11) is 0. The van der Waals surface area contributed by atoms with Gasteiger partial charge in [0.05, 0.1) is 12.1 Å². The second-order valence-corrected chi connectivity index (χ2v) is 10.9. The third-order valence-corrected chi connectivity index (χ3v) is 7.73. The van der Waals surface area contributed by atoms with E-state index in [2.05, 4.69) is 15.4 Å². The van der Waals surface area contributed by atoms with Crippen molar-refractivity contribution in [2.75, 3.05) is 11.5 Å². The van der Waals surface area contributed by atoms with Crippen LogP contribution in [-0.4, -0.2) is 59.5 Å². The normalized spacial score (nSPS) is 17.3. The van der Waals surface area contributed by atoms with Crippen LogP contribution in [0, 0.1) is 23.3 Å². The molecule has 3 aromatic rings. The fourth-order valence-electron chi connectivity index (χ4n) is 5.49. The number of aliphatic carboxylic acids is 1. The first kappa shape index (κ1) is 32.9. The number of carboxylic acid groups (broad SMARTS) is 1. The lowest BCUT2D eigenvalue weighted by Crippen LogP contribution is -2.56. The molecule has 1 unspecified atom stereocenters. The van der Waals surface area contributed by atoms with Gasteiger partial charge in [0.1, 0.15) is 31.3 Å². The van der Waals surface area contributed by atoms with Crippen LogP contribution in [0.15, 0.2) is 54.6 Å². The minimum absolute atomic E-state index is 0.0185. The van der Waals surface area contributed by atoms with Gasteiger partial charge in [-0.15, -0.1) is 0 Å². The molecular weight excluding hydrogens is 630 g/mol. The zero-order chi connectivity index (χ0) is 33.8. The Morgan fingerprint density at radius 2 is 1.64 bits per heavy atom. The number of alkyl carbamates (subject to hydrolysis) is 1. The van der Waals surface area contributed by atoms with Crippen LogP contribution in [0.4, 0.5) is 28.0 Å². The lowest BCUT2D eigenvalue weighted by Gasteiger charge is -2.28. The largest absolute Gasteiger partial charge is 0.481 e. The number of nitrogens with zero attached hydrogens (tertiary/aromatic N) is 1. The monoisotopic (exact) mass is 657 g/mol. The number of nitrogens with one attached hydrogen (secondary N) is 2. The van der Waals surface area contributed by atoms with Gasteiger partial charge in [0, 0.05) is 12.5 Å². The Hall–Kier alpha value is -5.47. The Kier molecular flexibility index (Phi) is 9.72. The topological polar surface area (TPSA) is 151 Å². The van der Waals surface area contributed by atoms with Crippen molar-refractivity contribution in [3.63, 3.8) is 0 Å². The summed E-state index contributed by atoms with van der Waals surface area (Å²) in [6, 6.07) is 9.77. The number of Topliss-reactive ketones (excluding diaryl/α,β-unsaturated/α-hetero) is 1. The summed E-state index contributed by atoms with van der Waals surface area (Å²) >= 11 is 0. The molecule has 47 heavy (non-hydrogen) atoms. The van der Waals surface area contributed by atoms with Crippen LogP contribution in [-0.2, 0) is 43.4 Å². The van der Waals surface area contributed by atoms with Crippen LogP contribution in [0.2, 0.25) is 0 Å². The first-order chi connectivity index (χ1) is 22.4. The van der Waals surface area contributed by atoms with E-state index in [1.807, 2.05) is 0 Å². The number of halogens is 4. The molecule has 2 aliphatic rings. The minimum Gasteiger partial charge on any atom is -0.481 e. The molecule has 2 heterocycles. The smallest absolute Gasteiger partial charge is 0.408 e. The van der Waals surface area contributed by atoms with E-state index in [1.165, 1.54) is 4.90 Å². The number of carboxylic acids is 1. The summed E-state index contributed by atoms with van der Waals surface area (Å²) in [5, 5.41) is 14.2. The van der Waals surface area contributed by atoms with Crippen molar-refractivity contribution in [1.82, 2.24) is 10.6 Å². The minimum atomic E-state index is -1.91. The highest BCUT2D eigenvalue weighted by atomic mass is 19.2. The SMILES string of the molecule is O=C(O)CC(NC(=O)[C@@H]1Cc2cccc3c2N1C(=O)[C@@H](NC(=O)OCc1ccccc1)CC3)C(=O)COc1c(F)c(F)cc(F)c1F. The van der Waals surface area contributed by atoms with Gasteiger partial charge in [-0.05, 0) is 29.5 Å². The van der Waals surface area contributed by atoms with Gasteiger partial charge in [-0.2, -0.15) is 8.78 Å². The third-order valence-electron chi connectivity index (χ3n) is 7.73. The number of para-hydroxylation sites is 1. The van der Waals surface area contributed by atoms with Crippen molar-refractivity contribution in [2.24, 2.45) is 0 Å². The van der Waals surface area contributed by atoms with Crippen molar-refractivity contribution in [3.8, 4) is 5.75 Å². The predicted octanol–water partition coefficient (Wildman–Crippen LogP) is 3.35. The first-order valence-corrected chi connectivity index (χ1v) is 14.4. The van der Waals surface area contributed by atoms with E-state index in [0.717, 1.165) is 5.56 Å². The number of anilines is 1. The van der Waals surface area contributed by atoms with Gasteiger partial charge in [0.2, 0.25) is 23.4 Å². The third kappa shape index (κ3) is 7.18. The maximum absolute atomic E-state index is 14.0. The number of carbonyl (C=O) groups excluding carboxylic acids is 4. The Morgan fingerprint density at radius 3 is 2.32 bits per heavy atom. The molecule has 15 heteroatoms. The molecule has 0 radical (unpaired) electrons. The van der Waals surface area contributed by atoms with E-state index in [1.54, 1.807) is 48.5 Å². The summed E-state index contributed by atoms with van der Waals surface area (Å²) in [6.45, 7) is -1.31. The summed E-state index contributed by atoms with van der Waals surface area (Å²) in [5.74, 6) is -13.3. The molecule has 3 N–H and O–H groups in total. The molecule has 3 amide bonds. The molecular formula is C32H27F4N3O8. The van der Waals surface area contributed by atoms with E-state index in [-0.39, 0.29) is 25.5 Å². The highest BCUT2D eigenvalue weighted by Crippen LogP contribution is 2.39. The van der Waals surface area contributed by atoms with Gasteiger partial charge in [-0.1, -0.05) is 48.5 Å². The Labute approximate surface area is 264 Å². The predicted molar refractivity (Wildman–Crippen MR) is 154 cm³/mol. The van der Waals surface area contributed by atoms with Gasteiger partial charge in [-0.25, -0.2) is 13.6 Å². The van der Waals surface area contributed by atoms with Crippen LogP contribution >= 0.6 is 0 Å². The molecule has 2 aliphatic heterocycles. The summed E-state index contributed by atoms with van der Waals surface area (Å²) < 4.78 is 65.1. The second-order valence-electron chi connectivity index (χ2n) is 10.9. The van der Waals surface area contributed by atoms with Crippen molar-refractivity contribution in [3.05, 3.63) is 94.6 Å². The number of hydrogen-bond acceptors (Lipinski definition) is 7. The Bertz CT molecular complexity index is 1710. The van der Waals surface area contributed by atoms with E-state index in [4.69, 9.17) is 4.74 Å². The van der Waals surface area contributed by atoms with Crippen LogP contribution in [0.5, 0.6) is 5.75 Å². The molecule has 0 saturated carbocycles. The van der Waals surface area contributed by atoms with Crippen molar-refractivity contribution < 1.29 is 56.1 Å². The van der Waals surface area contributed by atoms with Gasteiger partial charge < -0.3 is 25.2 Å². The van der Waals surface area contributed by atoms with Crippen LogP contribution in [0.1, 0.15) is 29.5 Å². The summed E-state index contributed by atoms with van der Waals surface area (Å²) in [6.07, 6.45) is -1.35. The zero-order valence-corrected chi connectivity index (χ0v) is 24.4. The van der Waals surface area contributed by atoms with Gasteiger partial charge in [-0.3, -0.25) is 24.1 Å². The molecule has 246 valence electrons. The second kappa shape index (κ2) is 13.9. The molecule has 11 nitrogen and oxygen atoms in total. The van der Waals surface area contributed by atoms with Gasteiger partial charge >= 0.3 is 12.1 Å². The van der Waals surface area contributed by atoms with E-state index in [9.17, 15) is 46.6 Å². The number of aryl methyl sites for hydroxylation is 1. The molecule has 0 fully saturated rings. The van der Waals surface area contributed by atoms with Crippen LogP contribution in [0.3, 0.4) is 0 Å². The summed E-state index contributed by atoms with van der Waals surface area (Å²) in [4.78, 5) is 65.7. The zero-order valence-electron chi connectivity index (χ0n) is 24.4. The number of ether oxygens (including phenoxy) is 2. The average Bonchev–Trinajstić information content (AvgIpc) is 3.38. The number of hydrogen-bond donors (Lipinski definition) is 3. The molecule has 0 bridgehead atoms. The highest BCUT2D eigenvalue weighted by Gasteiger charge is 2.45. The molecule has 0 saturated heterocycles. The molecule has 5 rings (SSSR count). The number of amides is 3. The number of carbonyl (C=O) groups is 5. The number of ketones is 1. The quantitative estimate of drug-likeness (QED) is 0.210. The Balaban J connectivity index is 1.32. The molecule has 0 spiro atoms. The van der Waals surface area contributed by atoms with Crippen molar-refractivity contribution >= 4 is 35.3 Å². The molecule has 3 atom stereocenters. The maximum atomic E-state index is 14.0. The van der Waals surface area contributed by atoms with E-state index in [0.29, 0.717) is 23.2 Å². The van der Waals surface area contributed by atoms with Crippen molar-refractivity contribution in [2.45, 2.75) is 50.4 Å². The van der Waals surface area contributed by atoms with E-state index >= 15 is 0 Å². The van der Waals surface area contributed by atoms with Crippen LogP contribution < -0.4 is 20.3 Å². The molecule has 0 aromatic heterocycles. The number of benzene rings is 3. The molecule has 3 aromatic carbocycles. The van der Waals surface area contributed by atoms with Crippen LogP contribution in [0.25, 0.3) is 0 Å². The standard InChI is InChI=1S/C32H27F4N3O8/c33-19-12-20(34)27(36)29(26(19)35)46-15-24(40)22(13-25(41)42)37-30(43)23-11-18-8-4-7-17-9-10-21(31(44)39(23)28(17)18)38-32(45)47-14-16-5-2-1-3-6-16/h1-8,12,21-23H,9-11,13-15H2,(H,37,43)(H,38,45)(H,41,42)/t21-,22?,23-/m0/s1. The van der Waals surface area contributed by atoms with Gasteiger partial charge in [0.25, 0.3) is 0 Å². The first-order valence-electron chi connectivity index (χ1n) is 14.4. The summed E-state index contributed by atoms with van der Waals surface area (Å²) in [5.41, 5.74) is 2.50. The van der Waals surface area contributed by atoms with Crippen molar-refractivity contribution in [1.29, 1.82) is 0 Å².